The zero-order chi connectivity index (χ0) is 26.3. The van der Waals surface area contributed by atoms with Crippen LogP contribution < -0.4 is 5.73 Å². The van der Waals surface area contributed by atoms with Crippen molar-refractivity contribution in [3.05, 3.63) is 53.8 Å². The molecule has 5 rings (SSSR count). The minimum Gasteiger partial charge on any atom is -0.387 e. The van der Waals surface area contributed by atoms with Gasteiger partial charge >= 0.3 is 0 Å². The average molecular weight is 550 g/mol. The normalized spacial score (nSPS) is 22.3. The number of aliphatic hydroxyl groups is 2. The number of benzene rings is 1. The van der Waals surface area contributed by atoms with Crippen molar-refractivity contribution >= 4 is 38.6 Å². The first-order chi connectivity index (χ1) is 17.7. The second-order valence-corrected chi connectivity index (χ2v) is 10.8. The summed E-state index contributed by atoms with van der Waals surface area (Å²) in [7, 11) is -3.78. The van der Waals surface area contributed by atoms with Crippen LogP contribution in [0.3, 0.4) is 0 Å². The number of fused-ring (bicyclic) bond motifs is 1. The van der Waals surface area contributed by atoms with Crippen LogP contribution in [0.4, 0.5) is 5.82 Å². The molecule has 1 aromatic carbocycles. The highest BCUT2D eigenvalue weighted by molar-refractivity contribution is 7.89. The van der Waals surface area contributed by atoms with Gasteiger partial charge in [0.1, 0.15) is 30.2 Å². The number of anilines is 1. The quantitative estimate of drug-likeness (QED) is 0.272. The molecule has 4 heterocycles. The van der Waals surface area contributed by atoms with Gasteiger partial charge in [0.15, 0.2) is 17.7 Å². The summed E-state index contributed by atoms with van der Waals surface area (Å²) in [5.41, 5.74) is 6.94. The standard InChI is InChI=1S/C21H24ClN9O5S/c1-2-30(37(34,35)14-5-3-12(22)4-6-14)8-13-7-29(28-27-13)9-15-17(32)18(33)21(36-15)31-11-26-16-19(23)24-10-25-20(16)31/h3-7,10-11,15,17-18,21,32-33H,2,8-9H2,1H3,(H2,23,24,25)/t15-,17-,18-,21-/m1/s1. The molecular weight excluding hydrogens is 526 g/mol. The second kappa shape index (κ2) is 9.92. The van der Waals surface area contributed by atoms with Gasteiger partial charge in [0.05, 0.1) is 30.0 Å². The van der Waals surface area contributed by atoms with Crippen molar-refractivity contribution in [3.63, 3.8) is 0 Å². The molecule has 0 radical (unpaired) electrons. The summed E-state index contributed by atoms with van der Waals surface area (Å²) in [6, 6.07) is 5.92. The summed E-state index contributed by atoms with van der Waals surface area (Å²) in [6.45, 7) is 1.98. The van der Waals surface area contributed by atoms with Crippen LogP contribution >= 0.6 is 11.6 Å². The van der Waals surface area contributed by atoms with Crippen molar-refractivity contribution in [1.29, 1.82) is 0 Å². The molecule has 0 bridgehead atoms. The van der Waals surface area contributed by atoms with Gasteiger partial charge in [-0.2, -0.15) is 4.31 Å². The third kappa shape index (κ3) is 4.76. The lowest BCUT2D eigenvalue weighted by molar-refractivity contribution is -0.0403. The van der Waals surface area contributed by atoms with Gasteiger partial charge in [0, 0.05) is 17.8 Å². The molecule has 16 heteroatoms. The molecule has 37 heavy (non-hydrogen) atoms. The summed E-state index contributed by atoms with van der Waals surface area (Å²) < 4.78 is 36.2. The number of rotatable bonds is 8. The molecule has 14 nitrogen and oxygen atoms in total. The topological polar surface area (TPSA) is 187 Å². The number of sulfonamides is 1. The number of aliphatic hydroxyl groups excluding tert-OH is 2. The lowest BCUT2D eigenvalue weighted by Gasteiger charge is -2.19. The molecular formula is C21H24ClN9O5S. The third-order valence-corrected chi connectivity index (χ3v) is 8.28. The molecule has 0 amide bonds. The van der Waals surface area contributed by atoms with E-state index in [1.807, 2.05) is 0 Å². The predicted molar refractivity (Wildman–Crippen MR) is 130 cm³/mol. The average Bonchev–Trinajstić information content (AvgIpc) is 3.58. The number of nitrogen functional groups attached to an aromatic ring is 1. The Kier molecular flexibility index (Phi) is 6.82. The number of nitrogens with zero attached hydrogens (tertiary/aromatic N) is 8. The Balaban J connectivity index is 1.29. The van der Waals surface area contributed by atoms with Crippen molar-refractivity contribution in [2.45, 2.75) is 49.4 Å². The monoisotopic (exact) mass is 549 g/mol. The number of aromatic nitrogens is 7. The van der Waals surface area contributed by atoms with E-state index in [0.29, 0.717) is 21.9 Å². The Hall–Kier alpha value is -3.21. The van der Waals surface area contributed by atoms with Crippen LogP contribution in [0.25, 0.3) is 11.2 Å². The predicted octanol–water partition coefficient (Wildman–Crippen LogP) is 0.184. The minimum absolute atomic E-state index is 0.0110. The Morgan fingerprint density at radius 1 is 1.16 bits per heavy atom. The molecule has 196 valence electrons. The summed E-state index contributed by atoms with van der Waals surface area (Å²) in [5.74, 6) is 0.183. The molecule has 0 aliphatic carbocycles. The third-order valence-electron chi connectivity index (χ3n) is 6.09. The van der Waals surface area contributed by atoms with Crippen LogP contribution in [0.15, 0.2) is 48.0 Å². The van der Waals surface area contributed by atoms with Crippen LogP contribution in [0.5, 0.6) is 0 Å². The second-order valence-electron chi connectivity index (χ2n) is 8.45. The molecule has 1 fully saturated rings. The highest BCUT2D eigenvalue weighted by atomic mass is 35.5. The fraction of sp³-hybridized carbons (Fsp3) is 0.381. The molecule has 0 spiro atoms. The van der Waals surface area contributed by atoms with Crippen LogP contribution in [0.1, 0.15) is 18.8 Å². The fourth-order valence-corrected chi connectivity index (χ4v) is 5.70. The van der Waals surface area contributed by atoms with Gasteiger partial charge in [0.25, 0.3) is 0 Å². The van der Waals surface area contributed by atoms with Gasteiger partial charge in [-0.1, -0.05) is 23.7 Å². The van der Waals surface area contributed by atoms with E-state index in [9.17, 15) is 18.6 Å². The van der Waals surface area contributed by atoms with E-state index in [1.165, 1.54) is 50.5 Å². The molecule has 3 aromatic heterocycles. The SMILES string of the molecule is CCN(Cc1cn(C[C@H]2O[C@@H](n3cnc4c(N)ncnc43)[C@H](O)[C@@H]2O)nn1)S(=O)(=O)c1ccc(Cl)cc1. The highest BCUT2D eigenvalue weighted by Gasteiger charge is 2.44. The molecule has 1 aliphatic rings. The van der Waals surface area contributed by atoms with Gasteiger partial charge in [-0.3, -0.25) is 4.57 Å². The number of hydrogen-bond donors (Lipinski definition) is 3. The minimum atomic E-state index is -3.78. The Bertz CT molecular complexity index is 1510. The molecule has 0 saturated carbocycles. The van der Waals surface area contributed by atoms with Gasteiger partial charge in [0.2, 0.25) is 10.0 Å². The van der Waals surface area contributed by atoms with Crippen LogP contribution in [0, 0.1) is 0 Å². The molecule has 1 aliphatic heterocycles. The van der Waals surface area contributed by atoms with E-state index < -0.39 is 34.6 Å². The molecule has 4 N–H and O–H groups in total. The zero-order valence-electron chi connectivity index (χ0n) is 19.5. The van der Waals surface area contributed by atoms with Gasteiger partial charge in [-0.05, 0) is 24.3 Å². The van der Waals surface area contributed by atoms with Crippen molar-refractivity contribution in [2.24, 2.45) is 0 Å². The largest absolute Gasteiger partial charge is 0.387 e. The van der Waals surface area contributed by atoms with Crippen molar-refractivity contribution in [1.82, 2.24) is 38.8 Å². The summed E-state index contributed by atoms with van der Waals surface area (Å²) in [4.78, 5) is 12.3. The Morgan fingerprint density at radius 2 is 1.92 bits per heavy atom. The van der Waals surface area contributed by atoms with E-state index >= 15 is 0 Å². The zero-order valence-corrected chi connectivity index (χ0v) is 21.1. The van der Waals surface area contributed by atoms with E-state index in [2.05, 4.69) is 25.3 Å². The van der Waals surface area contributed by atoms with Crippen molar-refractivity contribution in [3.8, 4) is 0 Å². The Labute approximate surface area is 216 Å². The molecule has 0 unspecified atom stereocenters. The summed E-state index contributed by atoms with van der Waals surface area (Å²) >= 11 is 5.88. The number of nitrogens with two attached hydrogens (primary N) is 1. The molecule has 4 aromatic rings. The van der Waals surface area contributed by atoms with Crippen molar-refractivity contribution < 1.29 is 23.4 Å². The maximum Gasteiger partial charge on any atom is 0.243 e. The van der Waals surface area contributed by atoms with E-state index in [0.717, 1.165) is 0 Å². The maximum absolute atomic E-state index is 13.0. The van der Waals surface area contributed by atoms with Gasteiger partial charge < -0.3 is 20.7 Å². The highest BCUT2D eigenvalue weighted by Crippen LogP contribution is 2.32. The first kappa shape index (κ1) is 25.4. The fourth-order valence-electron chi connectivity index (χ4n) is 4.15. The number of ether oxygens (including phenoxy) is 1. The van der Waals surface area contributed by atoms with Crippen molar-refractivity contribution in [2.75, 3.05) is 12.3 Å². The van der Waals surface area contributed by atoms with Crippen LogP contribution in [0.2, 0.25) is 5.02 Å². The first-order valence-electron chi connectivity index (χ1n) is 11.3. The van der Waals surface area contributed by atoms with Crippen LogP contribution in [-0.2, 0) is 27.8 Å². The maximum atomic E-state index is 13.0. The van der Waals surface area contributed by atoms with Gasteiger partial charge in [-0.25, -0.2) is 28.1 Å². The summed E-state index contributed by atoms with van der Waals surface area (Å²) in [6.07, 6.45) is -0.0836. The smallest absolute Gasteiger partial charge is 0.243 e. The van der Waals surface area contributed by atoms with E-state index in [1.54, 1.807) is 13.1 Å². The number of halogens is 1. The van der Waals surface area contributed by atoms with E-state index in [-0.39, 0.29) is 30.3 Å². The number of imidazole rings is 1. The van der Waals surface area contributed by atoms with E-state index in [4.69, 9.17) is 22.1 Å². The van der Waals surface area contributed by atoms with Crippen LogP contribution in [-0.4, -0.2) is 82.3 Å². The first-order valence-corrected chi connectivity index (χ1v) is 13.1. The Morgan fingerprint density at radius 3 is 2.65 bits per heavy atom. The van der Waals surface area contributed by atoms with Gasteiger partial charge in [-0.15, -0.1) is 5.10 Å². The molecule has 4 atom stereocenters. The lowest BCUT2D eigenvalue weighted by atomic mass is 10.1. The summed E-state index contributed by atoms with van der Waals surface area (Å²) in [5, 5.41) is 29.8. The number of hydrogen-bond acceptors (Lipinski definition) is 11. The molecule has 1 saturated heterocycles. The lowest BCUT2D eigenvalue weighted by Crippen LogP contribution is -2.33.